The highest BCUT2D eigenvalue weighted by atomic mass is 32.2. The van der Waals surface area contributed by atoms with Gasteiger partial charge < -0.3 is 15.0 Å². The van der Waals surface area contributed by atoms with E-state index in [1.807, 2.05) is 6.07 Å². The molecule has 3 aromatic carbocycles. The van der Waals surface area contributed by atoms with Crippen LogP contribution in [-0.2, 0) is 21.2 Å². The molecule has 1 N–H and O–H groups in total. The van der Waals surface area contributed by atoms with Crippen molar-refractivity contribution in [2.24, 2.45) is 0 Å². The molecule has 0 radical (unpaired) electrons. The van der Waals surface area contributed by atoms with E-state index in [0.29, 0.717) is 35.7 Å². The van der Waals surface area contributed by atoms with E-state index in [0.717, 1.165) is 34.1 Å². The van der Waals surface area contributed by atoms with Crippen molar-refractivity contribution in [2.45, 2.75) is 11.3 Å². The lowest BCUT2D eigenvalue weighted by Gasteiger charge is -2.19. The molecule has 0 saturated heterocycles. The Morgan fingerprint density at radius 1 is 1.06 bits per heavy atom. The van der Waals surface area contributed by atoms with E-state index in [2.05, 4.69) is 5.32 Å². The van der Waals surface area contributed by atoms with Crippen molar-refractivity contribution in [1.29, 1.82) is 0 Å². The first-order chi connectivity index (χ1) is 16.7. The fourth-order valence-corrected chi connectivity index (χ4v) is 4.96. The molecule has 35 heavy (non-hydrogen) atoms. The van der Waals surface area contributed by atoms with E-state index >= 15 is 0 Å². The second kappa shape index (κ2) is 9.85. The van der Waals surface area contributed by atoms with Gasteiger partial charge in [0.1, 0.15) is 11.6 Å². The number of hydrogen-bond acceptors (Lipinski definition) is 5. The van der Waals surface area contributed by atoms with Gasteiger partial charge in [-0.3, -0.25) is 9.59 Å². The highest BCUT2D eigenvalue weighted by molar-refractivity contribution is 7.89. The van der Waals surface area contributed by atoms with Gasteiger partial charge in [0.05, 0.1) is 18.6 Å². The van der Waals surface area contributed by atoms with Gasteiger partial charge in [0.2, 0.25) is 15.9 Å². The van der Waals surface area contributed by atoms with Crippen LogP contribution < -0.4 is 15.0 Å². The minimum Gasteiger partial charge on any atom is -0.497 e. The summed E-state index contributed by atoms with van der Waals surface area (Å²) >= 11 is 0. The molecule has 10 heteroatoms. The Kier molecular flexibility index (Phi) is 6.86. The molecule has 3 aromatic rings. The van der Waals surface area contributed by atoms with E-state index in [9.17, 15) is 22.4 Å². The lowest BCUT2D eigenvalue weighted by atomic mass is 10.1. The number of anilines is 2. The minimum absolute atomic E-state index is 0.112. The van der Waals surface area contributed by atoms with Crippen molar-refractivity contribution in [2.75, 3.05) is 37.5 Å². The number of ether oxygens (including phenoxy) is 1. The summed E-state index contributed by atoms with van der Waals surface area (Å²) in [5, 5.41) is 2.69. The number of rotatable bonds is 7. The molecular formula is C25H24FN3O5S. The number of benzene rings is 3. The van der Waals surface area contributed by atoms with Crippen molar-refractivity contribution in [3.8, 4) is 5.75 Å². The number of likely N-dealkylation sites (N-methyl/N-ethyl adjacent to an activating group) is 1. The zero-order valence-corrected chi connectivity index (χ0v) is 20.0. The van der Waals surface area contributed by atoms with E-state index in [1.54, 1.807) is 48.4 Å². The standard InChI is InChI=1S/C25H24FN3O5S/c1-28(35(32,33)22-11-6-19(26)7-12-22)16-24(30)27-20-8-3-17-13-14-29(23(17)15-20)25(31)18-4-9-21(34-2)10-5-18/h3-12,15H,13-14,16H2,1-2H3,(H,27,30). The smallest absolute Gasteiger partial charge is 0.258 e. The molecule has 0 bridgehead atoms. The zero-order valence-electron chi connectivity index (χ0n) is 19.2. The van der Waals surface area contributed by atoms with Crippen molar-refractivity contribution < 1.29 is 27.1 Å². The topological polar surface area (TPSA) is 96.0 Å². The van der Waals surface area contributed by atoms with Gasteiger partial charge in [0, 0.05) is 30.5 Å². The van der Waals surface area contributed by atoms with E-state index < -0.39 is 28.3 Å². The van der Waals surface area contributed by atoms with Crippen LogP contribution in [0.5, 0.6) is 5.75 Å². The molecule has 0 unspecified atom stereocenters. The van der Waals surface area contributed by atoms with Crippen molar-refractivity contribution in [3.05, 3.63) is 83.7 Å². The van der Waals surface area contributed by atoms with Gasteiger partial charge in [-0.05, 0) is 72.6 Å². The highest BCUT2D eigenvalue weighted by Gasteiger charge is 2.27. The molecule has 0 atom stereocenters. The van der Waals surface area contributed by atoms with Gasteiger partial charge in [0.25, 0.3) is 5.91 Å². The molecule has 8 nitrogen and oxygen atoms in total. The Morgan fingerprint density at radius 2 is 1.74 bits per heavy atom. The number of carbonyl (C=O) groups excluding carboxylic acids is 2. The Hall–Kier alpha value is -3.76. The first kappa shape index (κ1) is 24.4. The van der Waals surface area contributed by atoms with Gasteiger partial charge in [-0.2, -0.15) is 4.31 Å². The molecule has 0 aromatic heterocycles. The average molecular weight is 498 g/mol. The van der Waals surface area contributed by atoms with Crippen LogP contribution in [0.3, 0.4) is 0 Å². The molecule has 4 rings (SSSR count). The number of amides is 2. The normalized spacial score (nSPS) is 13.0. The third kappa shape index (κ3) is 5.18. The summed E-state index contributed by atoms with van der Waals surface area (Å²) in [6, 6.07) is 16.5. The average Bonchev–Trinajstić information content (AvgIpc) is 3.27. The molecule has 0 fully saturated rings. The first-order valence-electron chi connectivity index (χ1n) is 10.8. The number of sulfonamides is 1. The van der Waals surface area contributed by atoms with Crippen LogP contribution in [0.4, 0.5) is 15.8 Å². The van der Waals surface area contributed by atoms with Gasteiger partial charge in [-0.25, -0.2) is 12.8 Å². The van der Waals surface area contributed by atoms with Crippen LogP contribution in [0.15, 0.2) is 71.6 Å². The van der Waals surface area contributed by atoms with Gasteiger partial charge >= 0.3 is 0 Å². The predicted molar refractivity (Wildman–Crippen MR) is 130 cm³/mol. The lowest BCUT2D eigenvalue weighted by molar-refractivity contribution is -0.116. The molecule has 182 valence electrons. The number of methoxy groups -OCH3 is 1. The first-order valence-corrected chi connectivity index (χ1v) is 12.2. The minimum atomic E-state index is -3.96. The van der Waals surface area contributed by atoms with Crippen molar-refractivity contribution >= 4 is 33.2 Å². The third-order valence-electron chi connectivity index (χ3n) is 5.73. The monoisotopic (exact) mass is 497 g/mol. The molecule has 0 saturated carbocycles. The van der Waals surface area contributed by atoms with E-state index in [1.165, 1.54) is 7.05 Å². The van der Waals surface area contributed by atoms with Gasteiger partial charge in [0.15, 0.2) is 0 Å². The van der Waals surface area contributed by atoms with E-state index in [-0.39, 0.29) is 10.8 Å². The molecule has 0 spiro atoms. The van der Waals surface area contributed by atoms with Crippen LogP contribution in [0.2, 0.25) is 0 Å². The van der Waals surface area contributed by atoms with Crippen LogP contribution in [0, 0.1) is 5.82 Å². The van der Waals surface area contributed by atoms with Crippen LogP contribution in [-0.4, -0.2) is 51.8 Å². The molecular weight excluding hydrogens is 473 g/mol. The molecule has 1 aliphatic heterocycles. The molecule has 1 aliphatic rings. The summed E-state index contributed by atoms with van der Waals surface area (Å²) in [6.45, 7) is 0.0710. The predicted octanol–water partition coefficient (Wildman–Crippen LogP) is 3.30. The van der Waals surface area contributed by atoms with Crippen molar-refractivity contribution in [3.63, 3.8) is 0 Å². The maximum absolute atomic E-state index is 13.1. The van der Waals surface area contributed by atoms with E-state index in [4.69, 9.17) is 4.74 Å². The summed E-state index contributed by atoms with van der Waals surface area (Å²) in [4.78, 5) is 27.2. The number of nitrogens with one attached hydrogen (secondary N) is 1. The summed E-state index contributed by atoms with van der Waals surface area (Å²) in [6.07, 6.45) is 0.685. The number of halogens is 1. The fraction of sp³-hybridized carbons (Fsp3) is 0.200. The van der Waals surface area contributed by atoms with Crippen LogP contribution >= 0.6 is 0 Å². The maximum Gasteiger partial charge on any atom is 0.258 e. The quantitative estimate of drug-likeness (QED) is 0.541. The fourth-order valence-electron chi connectivity index (χ4n) is 3.83. The number of fused-ring (bicyclic) bond motifs is 1. The number of carbonyl (C=O) groups is 2. The SMILES string of the molecule is COc1ccc(C(=O)N2CCc3ccc(NC(=O)CN(C)S(=O)(=O)c4ccc(F)cc4)cc32)cc1. The summed E-state index contributed by atoms with van der Waals surface area (Å²) in [7, 11) is -1.14. The summed E-state index contributed by atoms with van der Waals surface area (Å²) in [5.74, 6) is -0.621. The highest BCUT2D eigenvalue weighted by Crippen LogP contribution is 2.32. The Labute approximate surface area is 203 Å². The second-order valence-corrected chi connectivity index (χ2v) is 10.1. The summed E-state index contributed by atoms with van der Waals surface area (Å²) < 4.78 is 44.5. The van der Waals surface area contributed by atoms with Gasteiger partial charge in [-0.1, -0.05) is 6.07 Å². The van der Waals surface area contributed by atoms with Crippen LogP contribution in [0.1, 0.15) is 15.9 Å². The molecule has 2 amide bonds. The van der Waals surface area contributed by atoms with Crippen LogP contribution in [0.25, 0.3) is 0 Å². The lowest BCUT2D eigenvalue weighted by Crippen LogP contribution is -2.35. The number of hydrogen-bond donors (Lipinski definition) is 1. The van der Waals surface area contributed by atoms with Gasteiger partial charge in [-0.15, -0.1) is 0 Å². The molecule has 0 aliphatic carbocycles. The van der Waals surface area contributed by atoms with Crippen molar-refractivity contribution in [1.82, 2.24) is 4.31 Å². The molecule has 1 heterocycles. The largest absolute Gasteiger partial charge is 0.497 e. The Bertz CT molecular complexity index is 1360. The summed E-state index contributed by atoms with van der Waals surface area (Å²) in [5.41, 5.74) is 2.62. The third-order valence-corrected chi connectivity index (χ3v) is 7.55. The maximum atomic E-state index is 13.1. The second-order valence-electron chi connectivity index (χ2n) is 8.04. The Balaban J connectivity index is 1.46. The zero-order chi connectivity index (χ0) is 25.2. The number of nitrogens with zero attached hydrogens (tertiary/aromatic N) is 2. The Morgan fingerprint density at radius 3 is 2.40 bits per heavy atom.